The molecule has 0 atom stereocenters. The van der Waals surface area contributed by atoms with Crippen molar-refractivity contribution in [2.45, 2.75) is 11.8 Å². The standard InChI is InChI=1S/C14H13N5O3S/c1-9(20)16-10-4-6-11(7-5-10)23(21,22)19-14-12-3-2-8-15-13(12)17-18-14/h2-8H,1H3,(H,16,20)(H2,15,17,18,19). The Labute approximate surface area is 132 Å². The van der Waals surface area contributed by atoms with Crippen molar-refractivity contribution in [3.05, 3.63) is 42.6 Å². The number of nitrogens with zero attached hydrogens (tertiary/aromatic N) is 2. The van der Waals surface area contributed by atoms with Crippen molar-refractivity contribution < 1.29 is 13.2 Å². The summed E-state index contributed by atoms with van der Waals surface area (Å²) in [7, 11) is -3.79. The van der Waals surface area contributed by atoms with E-state index in [4.69, 9.17) is 0 Å². The van der Waals surface area contributed by atoms with Gasteiger partial charge in [-0.25, -0.2) is 13.4 Å². The average Bonchev–Trinajstić information content (AvgIpc) is 2.90. The molecule has 0 bridgehead atoms. The Hall–Kier alpha value is -2.94. The lowest BCUT2D eigenvalue weighted by atomic mass is 10.3. The normalized spacial score (nSPS) is 11.3. The van der Waals surface area contributed by atoms with Gasteiger partial charge in [0.05, 0.1) is 10.3 Å². The number of fused-ring (bicyclic) bond motifs is 1. The molecule has 3 aromatic rings. The Morgan fingerprint density at radius 2 is 1.91 bits per heavy atom. The summed E-state index contributed by atoms with van der Waals surface area (Å²) in [5, 5.41) is 9.73. The number of nitrogens with one attached hydrogen (secondary N) is 3. The summed E-state index contributed by atoms with van der Waals surface area (Å²) in [4.78, 5) is 15.1. The summed E-state index contributed by atoms with van der Waals surface area (Å²) in [6.07, 6.45) is 1.58. The van der Waals surface area contributed by atoms with Gasteiger partial charge in [-0.1, -0.05) is 0 Å². The van der Waals surface area contributed by atoms with Crippen LogP contribution in [0.2, 0.25) is 0 Å². The van der Waals surface area contributed by atoms with Gasteiger partial charge in [0.1, 0.15) is 0 Å². The Bertz CT molecular complexity index is 964. The molecule has 0 saturated carbocycles. The molecule has 0 radical (unpaired) electrons. The fourth-order valence-corrected chi connectivity index (χ4v) is 3.06. The summed E-state index contributed by atoms with van der Waals surface area (Å²) in [6, 6.07) is 9.24. The summed E-state index contributed by atoms with van der Waals surface area (Å²) in [5.74, 6) is -0.0479. The number of carbonyl (C=O) groups is 1. The van der Waals surface area contributed by atoms with Crippen LogP contribution in [0, 0.1) is 0 Å². The van der Waals surface area contributed by atoms with Crippen molar-refractivity contribution in [2.75, 3.05) is 10.0 Å². The molecule has 0 fully saturated rings. The molecule has 2 aromatic heterocycles. The van der Waals surface area contributed by atoms with Gasteiger partial charge in [-0.2, -0.15) is 5.10 Å². The SMILES string of the molecule is CC(=O)Nc1ccc(S(=O)(=O)Nc2n[nH]c3ncccc23)cc1. The molecule has 3 N–H and O–H groups in total. The van der Waals surface area contributed by atoms with Crippen LogP contribution in [0.4, 0.5) is 11.5 Å². The number of pyridine rings is 1. The molecule has 0 aliphatic carbocycles. The second-order valence-electron chi connectivity index (χ2n) is 4.78. The minimum absolute atomic E-state index is 0.0617. The number of rotatable bonds is 4. The van der Waals surface area contributed by atoms with E-state index < -0.39 is 10.0 Å². The van der Waals surface area contributed by atoms with E-state index in [2.05, 4.69) is 25.2 Å². The van der Waals surface area contributed by atoms with Crippen LogP contribution < -0.4 is 10.0 Å². The van der Waals surface area contributed by atoms with Gasteiger partial charge in [0, 0.05) is 18.8 Å². The maximum atomic E-state index is 12.4. The van der Waals surface area contributed by atoms with Crippen LogP contribution in [0.1, 0.15) is 6.92 Å². The monoisotopic (exact) mass is 331 g/mol. The number of hydrogen-bond donors (Lipinski definition) is 3. The predicted octanol–water partition coefficient (Wildman–Crippen LogP) is 1.72. The summed E-state index contributed by atoms with van der Waals surface area (Å²) >= 11 is 0. The molecular formula is C14H13N5O3S. The topological polar surface area (TPSA) is 117 Å². The molecule has 1 aromatic carbocycles. The van der Waals surface area contributed by atoms with E-state index in [-0.39, 0.29) is 16.6 Å². The molecule has 0 saturated heterocycles. The van der Waals surface area contributed by atoms with Crippen LogP contribution >= 0.6 is 0 Å². The number of sulfonamides is 1. The molecule has 0 spiro atoms. The minimum Gasteiger partial charge on any atom is -0.326 e. The lowest BCUT2D eigenvalue weighted by molar-refractivity contribution is -0.114. The molecule has 3 rings (SSSR count). The van der Waals surface area contributed by atoms with Crippen LogP contribution in [0.15, 0.2) is 47.5 Å². The van der Waals surface area contributed by atoms with Crippen molar-refractivity contribution >= 4 is 38.5 Å². The minimum atomic E-state index is -3.79. The molecule has 0 unspecified atom stereocenters. The number of benzene rings is 1. The zero-order valence-corrected chi connectivity index (χ0v) is 12.9. The number of aromatic nitrogens is 3. The third-order valence-electron chi connectivity index (χ3n) is 3.05. The van der Waals surface area contributed by atoms with E-state index in [1.807, 2.05) is 0 Å². The van der Waals surface area contributed by atoms with E-state index >= 15 is 0 Å². The van der Waals surface area contributed by atoms with E-state index in [0.29, 0.717) is 16.7 Å². The first-order valence-electron chi connectivity index (χ1n) is 6.65. The fourth-order valence-electron chi connectivity index (χ4n) is 2.04. The highest BCUT2D eigenvalue weighted by Crippen LogP contribution is 2.22. The molecular weight excluding hydrogens is 318 g/mol. The van der Waals surface area contributed by atoms with Crippen LogP contribution in [0.5, 0.6) is 0 Å². The maximum absolute atomic E-state index is 12.4. The molecule has 1 amide bonds. The number of anilines is 2. The van der Waals surface area contributed by atoms with Gasteiger partial charge in [-0.15, -0.1) is 0 Å². The molecule has 23 heavy (non-hydrogen) atoms. The van der Waals surface area contributed by atoms with Crippen LogP contribution in [-0.2, 0) is 14.8 Å². The van der Waals surface area contributed by atoms with E-state index in [1.54, 1.807) is 18.3 Å². The van der Waals surface area contributed by atoms with Crippen LogP contribution in [0.25, 0.3) is 11.0 Å². The van der Waals surface area contributed by atoms with Crippen LogP contribution in [0.3, 0.4) is 0 Å². The Kier molecular flexibility index (Phi) is 3.70. The number of H-pyrrole nitrogens is 1. The second-order valence-corrected chi connectivity index (χ2v) is 6.47. The van der Waals surface area contributed by atoms with E-state index in [1.165, 1.54) is 31.2 Å². The predicted molar refractivity (Wildman–Crippen MR) is 85.4 cm³/mol. The van der Waals surface area contributed by atoms with Crippen molar-refractivity contribution in [3.8, 4) is 0 Å². The zero-order chi connectivity index (χ0) is 16.4. The molecule has 118 valence electrons. The van der Waals surface area contributed by atoms with Gasteiger partial charge in [-0.3, -0.25) is 14.6 Å². The van der Waals surface area contributed by atoms with Gasteiger partial charge < -0.3 is 5.32 Å². The Morgan fingerprint density at radius 3 is 2.61 bits per heavy atom. The van der Waals surface area contributed by atoms with Crippen molar-refractivity contribution in [3.63, 3.8) is 0 Å². The second kappa shape index (κ2) is 5.69. The average molecular weight is 331 g/mol. The number of aromatic amines is 1. The van der Waals surface area contributed by atoms with Crippen molar-refractivity contribution in [1.29, 1.82) is 0 Å². The lowest BCUT2D eigenvalue weighted by Crippen LogP contribution is -2.13. The summed E-state index contributed by atoms with van der Waals surface area (Å²) < 4.78 is 27.2. The molecule has 0 aliphatic rings. The van der Waals surface area contributed by atoms with Gasteiger partial charge >= 0.3 is 0 Å². The third-order valence-corrected chi connectivity index (χ3v) is 4.41. The van der Waals surface area contributed by atoms with E-state index in [9.17, 15) is 13.2 Å². The van der Waals surface area contributed by atoms with Crippen molar-refractivity contribution in [1.82, 2.24) is 15.2 Å². The number of hydrogen-bond acceptors (Lipinski definition) is 5. The maximum Gasteiger partial charge on any atom is 0.263 e. The molecule has 0 aliphatic heterocycles. The van der Waals surface area contributed by atoms with Crippen LogP contribution in [-0.4, -0.2) is 29.5 Å². The highest BCUT2D eigenvalue weighted by atomic mass is 32.2. The smallest absolute Gasteiger partial charge is 0.263 e. The summed E-state index contributed by atoms with van der Waals surface area (Å²) in [5.41, 5.74) is 1.01. The van der Waals surface area contributed by atoms with Gasteiger partial charge in [0.25, 0.3) is 10.0 Å². The molecule has 8 nitrogen and oxygen atoms in total. The highest BCUT2D eigenvalue weighted by molar-refractivity contribution is 7.92. The lowest BCUT2D eigenvalue weighted by Gasteiger charge is -2.07. The first-order chi connectivity index (χ1) is 11.0. The van der Waals surface area contributed by atoms with Gasteiger partial charge in [0.15, 0.2) is 11.5 Å². The van der Waals surface area contributed by atoms with E-state index in [0.717, 1.165) is 0 Å². The van der Waals surface area contributed by atoms with Crippen molar-refractivity contribution in [2.24, 2.45) is 0 Å². The Morgan fingerprint density at radius 1 is 1.17 bits per heavy atom. The largest absolute Gasteiger partial charge is 0.326 e. The first-order valence-corrected chi connectivity index (χ1v) is 8.13. The first kappa shape index (κ1) is 15.0. The highest BCUT2D eigenvalue weighted by Gasteiger charge is 2.17. The zero-order valence-electron chi connectivity index (χ0n) is 12.1. The molecule has 2 heterocycles. The number of carbonyl (C=O) groups excluding carboxylic acids is 1. The van der Waals surface area contributed by atoms with Gasteiger partial charge in [-0.05, 0) is 36.4 Å². The summed E-state index contributed by atoms with van der Waals surface area (Å²) in [6.45, 7) is 1.38. The fraction of sp³-hybridized carbons (Fsp3) is 0.0714. The quantitative estimate of drug-likeness (QED) is 0.673. The third kappa shape index (κ3) is 3.14. The Balaban J connectivity index is 1.88. The number of amides is 1. The van der Waals surface area contributed by atoms with Gasteiger partial charge in [0.2, 0.25) is 5.91 Å². The molecule has 9 heteroatoms.